The third-order valence-corrected chi connectivity index (χ3v) is 7.34. The molecule has 0 atom stereocenters. The normalized spacial score (nSPS) is 11.5. The summed E-state index contributed by atoms with van der Waals surface area (Å²) in [6.07, 6.45) is 19.7. The van der Waals surface area contributed by atoms with Crippen LogP contribution in [0, 0.1) is 24.7 Å². The van der Waals surface area contributed by atoms with Crippen LogP contribution in [-0.2, 0) is 32.2 Å². The van der Waals surface area contributed by atoms with Gasteiger partial charge in [0.25, 0.3) is 0 Å². The molecule has 0 aliphatic carbocycles. The lowest BCUT2D eigenvalue weighted by Gasteiger charge is -2.07. The Morgan fingerprint density at radius 2 is 1.21 bits per heavy atom. The number of ether oxygens (including phenoxy) is 4. The third-order valence-electron chi connectivity index (χ3n) is 7.34. The van der Waals surface area contributed by atoms with Crippen molar-refractivity contribution < 1.29 is 33.1 Å². The Morgan fingerprint density at radius 1 is 0.723 bits per heavy atom. The number of carbonyl (C=O) groups excluding carboxylic acids is 2. The maximum Gasteiger partial charge on any atom is 0.337 e. The van der Waals surface area contributed by atoms with E-state index < -0.39 is 11.9 Å². The maximum absolute atomic E-state index is 12.8. The number of hydrogen-bond acceptors (Lipinski definition) is 6. The van der Waals surface area contributed by atoms with Crippen LogP contribution in [0.1, 0.15) is 11.1 Å². The smallest absolute Gasteiger partial charge is 0.337 e. The first-order valence-corrected chi connectivity index (χ1v) is 14.7. The Bertz CT molecular complexity index is 1940. The van der Waals surface area contributed by atoms with E-state index in [4.69, 9.17) is 31.8 Å². The van der Waals surface area contributed by atoms with E-state index in [1.54, 1.807) is 0 Å². The molecule has 0 bridgehead atoms. The lowest BCUT2D eigenvalue weighted by Crippen LogP contribution is -2.34. The standard InChI is InChI=1S/C39H33N2O6/c1-5-17-46-36-13-11-30-19-28(7-9-32(30)23-36)21-34(38(42)44-3)25-40-15-16-41(27-40)26-35(39(43)45-4)22-29-8-10-33-24-37(47-18-6-2)14-12-31(33)20-29/h1-2,7-16,19-24,27H,17-18,25-26H2,3-4H3/q+1/b34-21+,35-22+. The van der Waals surface area contributed by atoms with Crippen molar-refractivity contribution >= 4 is 45.6 Å². The molecule has 0 N–H and O–H groups in total. The molecule has 0 unspecified atom stereocenters. The molecule has 0 aliphatic rings. The summed E-state index contributed by atoms with van der Waals surface area (Å²) in [4.78, 5) is 25.6. The number of rotatable bonds is 12. The van der Waals surface area contributed by atoms with Gasteiger partial charge in [0.2, 0.25) is 6.33 Å². The number of fused-ring (bicyclic) bond motifs is 2. The first-order valence-electron chi connectivity index (χ1n) is 14.7. The van der Waals surface area contributed by atoms with Gasteiger partial charge in [-0.1, -0.05) is 48.2 Å². The molecule has 4 aromatic carbocycles. The molecule has 0 amide bonds. The zero-order chi connectivity index (χ0) is 33.2. The van der Waals surface area contributed by atoms with Crippen molar-refractivity contribution in [3.8, 4) is 36.2 Å². The van der Waals surface area contributed by atoms with Gasteiger partial charge in [-0.25, -0.2) is 18.7 Å². The Labute approximate surface area is 273 Å². The van der Waals surface area contributed by atoms with Crippen LogP contribution in [0.15, 0.2) is 103 Å². The minimum atomic E-state index is -0.440. The molecule has 234 valence electrons. The second-order valence-electron chi connectivity index (χ2n) is 10.6. The molecule has 5 rings (SSSR count). The van der Waals surface area contributed by atoms with Gasteiger partial charge in [0, 0.05) is 0 Å². The van der Waals surface area contributed by atoms with E-state index in [-0.39, 0.29) is 26.3 Å². The molecule has 1 heterocycles. The van der Waals surface area contributed by atoms with Crippen molar-refractivity contribution in [3.63, 3.8) is 0 Å². The van der Waals surface area contributed by atoms with Crippen LogP contribution < -0.4 is 14.0 Å². The second-order valence-corrected chi connectivity index (χ2v) is 10.6. The Morgan fingerprint density at radius 3 is 1.74 bits per heavy atom. The molecular weight excluding hydrogens is 592 g/mol. The molecule has 0 aliphatic heterocycles. The predicted molar refractivity (Wildman–Crippen MR) is 181 cm³/mol. The summed E-state index contributed by atoms with van der Waals surface area (Å²) in [6.45, 7) is 0.910. The van der Waals surface area contributed by atoms with Gasteiger partial charge in [0.15, 0.2) is 0 Å². The average molecular weight is 626 g/mol. The van der Waals surface area contributed by atoms with Gasteiger partial charge < -0.3 is 18.9 Å². The Kier molecular flexibility index (Phi) is 10.4. The molecule has 0 saturated carbocycles. The van der Waals surface area contributed by atoms with Crippen molar-refractivity contribution in [2.45, 2.75) is 13.1 Å². The highest BCUT2D eigenvalue weighted by Gasteiger charge is 2.18. The minimum Gasteiger partial charge on any atom is -0.481 e. The predicted octanol–water partition coefficient (Wildman–Crippen LogP) is 5.62. The van der Waals surface area contributed by atoms with Crippen LogP contribution in [-0.4, -0.2) is 43.9 Å². The van der Waals surface area contributed by atoms with E-state index >= 15 is 0 Å². The van der Waals surface area contributed by atoms with E-state index in [1.165, 1.54) is 14.2 Å². The van der Waals surface area contributed by atoms with Crippen molar-refractivity contribution in [1.82, 2.24) is 4.57 Å². The fourth-order valence-corrected chi connectivity index (χ4v) is 5.12. The first kappa shape index (κ1) is 32.2. The molecule has 47 heavy (non-hydrogen) atoms. The van der Waals surface area contributed by atoms with Crippen LogP contribution >= 0.6 is 0 Å². The quantitative estimate of drug-likeness (QED) is 0.0776. The summed E-state index contributed by atoms with van der Waals surface area (Å²) in [7, 11) is 2.72. The van der Waals surface area contributed by atoms with Crippen LogP contribution in [0.5, 0.6) is 11.5 Å². The molecular formula is C39H33N2O6+. The van der Waals surface area contributed by atoms with Crippen LogP contribution in [0.2, 0.25) is 0 Å². The Balaban J connectivity index is 1.34. The lowest BCUT2D eigenvalue weighted by molar-refractivity contribution is -0.687. The number of esters is 2. The van der Waals surface area contributed by atoms with Crippen LogP contribution in [0.25, 0.3) is 33.7 Å². The van der Waals surface area contributed by atoms with Gasteiger partial charge in [-0.2, -0.15) is 0 Å². The summed E-state index contributed by atoms with van der Waals surface area (Å²) in [5, 5.41) is 3.95. The topological polar surface area (TPSA) is 79.9 Å². The van der Waals surface area contributed by atoms with Crippen molar-refractivity contribution in [2.75, 3.05) is 27.4 Å². The van der Waals surface area contributed by atoms with E-state index in [0.717, 1.165) is 32.7 Å². The number of hydrogen-bond donors (Lipinski definition) is 0. The van der Waals surface area contributed by atoms with Gasteiger partial charge >= 0.3 is 11.9 Å². The molecule has 0 radical (unpaired) electrons. The molecule has 0 saturated heterocycles. The molecule has 5 aromatic rings. The minimum absolute atomic E-state index is 0.200. The second kappa shape index (κ2) is 15.2. The van der Waals surface area contributed by atoms with E-state index in [2.05, 4.69) is 11.8 Å². The van der Waals surface area contributed by atoms with Gasteiger partial charge in [0.1, 0.15) is 50.2 Å². The number of nitrogens with zero attached hydrogens (tertiary/aromatic N) is 2. The zero-order valence-electron chi connectivity index (χ0n) is 26.1. The highest BCUT2D eigenvalue weighted by molar-refractivity contribution is 5.95. The first-order chi connectivity index (χ1) is 22.9. The number of terminal acetylenes is 2. The molecule has 8 heteroatoms. The van der Waals surface area contributed by atoms with Gasteiger partial charge in [-0.05, 0) is 81.2 Å². The van der Waals surface area contributed by atoms with E-state index in [9.17, 15) is 9.59 Å². The van der Waals surface area contributed by atoms with Gasteiger partial charge in [-0.3, -0.25) is 0 Å². The van der Waals surface area contributed by atoms with Crippen molar-refractivity contribution in [2.24, 2.45) is 0 Å². The highest BCUT2D eigenvalue weighted by Crippen LogP contribution is 2.25. The lowest BCUT2D eigenvalue weighted by atomic mass is 10.0. The van der Waals surface area contributed by atoms with Crippen molar-refractivity contribution in [3.05, 3.63) is 114 Å². The monoisotopic (exact) mass is 625 g/mol. The molecule has 0 fully saturated rings. The van der Waals surface area contributed by atoms with E-state index in [1.807, 2.05) is 113 Å². The largest absolute Gasteiger partial charge is 0.481 e. The molecule has 0 spiro atoms. The molecule has 8 nitrogen and oxygen atoms in total. The fraction of sp³-hybridized carbons (Fsp3) is 0.154. The van der Waals surface area contributed by atoms with Crippen LogP contribution in [0.4, 0.5) is 0 Å². The number of benzene rings is 4. The number of carbonyl (C=O) groups is 2. The van der Waals surface area contributed by atoms with Crippen LogP contribution in [0.3, 0.4) is 0 Å². The summed E-state index contributed by atoms with van der Waals surface area (Å²) in [5.41, 5.74) is 2.60. The Hall–Kier alpha value is -6.25. The fourth-order valence-electron chi connectivity index (χ4n) is 5.12. The number of aromatic nitrogens is 2. The van der Waals surface area contributed by atoms with Gasteiger partial charge in [-0.15, -0.1) is 12.8 Å². The summed E-state index contributed by atoms with van der Waals surface area (Å²) in [5.74, 6) is 5.43. The summed E-state index contributed by atoms with van der Waals surface area (Å²) < 4.78 is 24.9. The van der Waals surface area contributed by atoms with Crippen molar-refractivity contribution in [1.29, 1.82) is 0 Å². The van der Waals surface area contributed by atoms with E-state index in [0.29, 0.717) is 22.6 Å². The summed E-state index contributed by atoms with van der Waals surface area (Å²) >= 11 is 0. The summed E-state index contributed by atoms with van der Waals surface area (Å²) in [6, 6.07) is 23.2. The third kappa shape index (κ3) is 8.27. The number of methoxy groups -OCH3 is 2. The number of imidazole rings is 1. The molecule has 1 aromatic heterocycles. The maximum atomic E-state index is 12.8. The highest BCUT2D eigenvalue weighted by atomic mass is 16.5. The zero-order valence-corrected chi connectivity index (χ0v) is 26.1. The SMILES string of the molecule is C#CCOc1ccc2cc(/C=C(\Cn3cc[n+](C/C(=C\c4ccc5cc(OCC#C)ccc5c4)C(=O)OC)c3)C(=O)OC)ccc2c1. The van der Waals surface area contributed by atoms with Gasteiger partial charge in [0.05, 0.1) is 25.4 Å². The average Bonchev–Trinajstić information content (AvgIpc) is 3.54.